The van der Waals surface area contributed by atoms with E-state index in [4.69, 9.17) is 28.6 Å². The number of hydrogen-bond acceptors (Lipinski definition) is 3. The van der Waals surface area contributed by atoms with Gasteiger partial charge in [-0.1, -0.05) is 17.7 Å². The molecular weight excluding hydrogens is 424 g/mol. The molecule has 2 rings (SSSR count). The smallest absolute Gasteiger partial charge is 0.257 e. The van der Waals surface area contributed by atoms with E-state index < -0.39 is 0 Å². The summed E-state index contributed by atoms with van der Waals surface area (Å²) in [6, 6.07) is 10.5. The number of hydrogen-bond donors (Lipinski definition) is 2. The van der Waals surface area contributed by atoms with Crippen molar-refractivity contribution in [2.45, 2.75) is 26.9 Å². The molecule has 4 nitrogen and oxygen atoms in total. The van der Waals surface area contributed by atoms with Crippen molar-refractivity contribution in [3.05, 3.63) is 57.0 Å². The fourth-order valence-corrected chi connectivity index (χ4v) is 2.90. The Morgan fingerprint density at radius 3 is 2.60 bits per heavy atom. The lowest BCUT2D eigenvalue weighted by Crippen LogP contribution is -2.34. The fourth-order valence-electron chi connectivity index (χ4n) is 2.05. The second kappa shape index (κ2) is 8.65. The summed E-state index contributed by atoms with van der Waals surface area (Å²) in [6.45, 7) is 5.80. The summed E-state index contributed by atoms with van der Waals surface area (Å²) in [6.07, 6.45) is 0.0497. The number of ether oxygens (including phenoxy) is 1. The van der Waals surface area contributed by atoms with E-state index in [0.717, 1.165) is 11.3 Å². The Kier molecular flexibility index (Phi) is 6.81. The number of thiocarbonyl (C=S) groups is 1. The molecule has 0 aliphatic carbocycles. The van der Waals surface area contributed by atoms with Crippen LogP contribution in [-0.4, -0.2) is 17.1 Å². The van der Waals surface area contributed by atoms with Crippen molar-refractivity contribution in [2.75, 3.05) is 5.32 Å². The van der Waals surface area contributed by atoms with Crippen LogP contribution in [0.15, 0.2) is 40.9 Å². The first kappa shape index (κ1) is 19.7. The van der Waals surface area contributed by atoms with E-state index in [9.17, 15) is 4.79 Å². The Labute approximate surface area is 166 Å². The third kappa shape index (κ3) is 5.70. The third-order valence-corrected chi connectivity index (χ3v) is 4.29. The van der Waals surface area contributed by atoms with Crippen LogP contribution < -0.4 is 15.4 Å². The molecule has 7 heteroatoms. The molecule has 0 fully saturated rings. The minimum Gasteiger partial charge on any atom is -0.490 e. The van der Waals surface area contributed by atoms with E-state index in [0.29, 0.717) is 20.8 Å². The highest BCUT2D eigenvalue weighted by atomic mass is 79.9. The highest BCUT2D eigenvalue weighted by Gasteiger charge is 2.12. The molecule has 0 saturated heterocycles. The van der Waals surface area contributed by atoms with Crippen molar-refractivity contribution in [1.29, 1.82) is 0 Å². The van der Waals surface area contributed by atoms with Crippen LogP contribution in [0.4, 0.5) is 5.69 Å². The zero-order valence-corrected chi connectivity index (χ0v) is 17.2. The van der Waals surface area contributed by atoms with Gasteiger partial charge < -0.3 is 10.1 Å². The summed E-state index contributed by atoms with van der Waals surface area (Å²) in [5.74, 6) is 0.371. The SMILES string of the molecule is Cc1ccc(Cl)cc1NC(=S)NC(=O)c1ccc(OC(C)C)c(Br)c1. The molecule has 2 aromatic rings. The van der Waals surface area contributed by atoms with Crippen molar-refractivity contribution < 1.29 is 9.53 Å². The molecule has 0 spiro atoms. The van der Waals surface area contributed by atoms with Gasteiger partial charge in [0, 0.05) is 16.3 Å². The Morgan fingerprint density at radius 1 is 1.24 bits per heavy atom. The Morgan fingerprint density at radius 2 is 1.96 bits per heavy atom. The number of halogens is 2. The summed E-state index contributed by atoms with van der Waals surface area (Å²) < 4.78 is 6.34. The number of carbonyl (C=O) groups excluding carboxylic acids is 1. The second-order valence-corrected chi connectivity index (χ2v) is 7.38. The molecule has 0 aliphatic heterocycles. The number of benzene rings is 2. The monoisotopic (exact) mass is 440 g/mol. The van der Waals surface area contributed by atoms with Crippen LogP contribution in [0.1, 0.15) is 29.8 Å². The lowest BCUT2D eigenvalue weighted by molar-refractivity contribution is 0.0977. The molecule has 0 aliphatic rings. The van der Waals surface area contributed by atoms with Crippen LogP contribution in [0.25, 0.3) is 0 Å². The van der Waals surface area contributed by atoms with E-state index >= 15 is 0 Å². The van der Waals surface area contributed by atoms with E-state index in [2.05, 4.69) is 26.6 Å². The quantitative estimate of drug-likeness (QED) is 0.630. The fraction of sp³-hybridized carbons (Fsp3) is 0.222. The molecule has 25 heavy (non-hydrogen) atoms. The first-order valence-corrected chi connectivity index (χ1v) is 9.19. The number of rotatable bonds is 4. The lowest BCUT2D eigenvalue weighted by Gasteiger charge is -2.14. The molecule has 2 aromatic carbocycles. The zero-order chi connectivity index (χ0) is 18.6. The lowest BCUT2D eigenvalue weighted by atomic mass is 10.2. The maximum Gasteiger partial charge on any atom is 0.257 e. The van der Waals surface area contributed by atoms with Crippen LogP contribution in [-0.2, 0) is 0 Å². The highest BCUT2D eigenvalue weighted by Crippen LogP contribution is 2.27. The first-order chi connectivity index (χ1) is 11.8. The Hall–Kier alpha value is -1.63. The van der Waals surface area contributed by atoms with E-state index in [1.54, 1.807) is 30.3 Å². The van der Waals surface area contributed by atoms with Crippen LogP contribution in [0, 0.1) is 6.92 Å². The van der Waals surface area contributed by atoms with Crippen LogP contribution in [0.2, 0.25) is 5.02 Å². The number of nitrogens with one attached hydrogen (secondary N) is 2. The van der Waals surface area contributed by atoms with Gasteiger partial charge in [0.05, 0.1) is 10.6 Å². The molecule has 0 heterocycles. The largest absolute Gasteiger partial charge is 0.490 e. The average molecular weight is 442 g/mol. The molecular formula is C18H18BrClN2O2S. The Bertz CT molecular complexity index is 812. The van der Waals surface area contributed by atoms with Gasteiger partial charge in [-0.25, -0.2) is 0 Å². The summed E-state index contributed by atoms with van der Waals surface area (Å²) >= 11 is 14.6. The van der Waals surface area contributed by atoms with E-state index in [-0.39, 0.29) is 17.1 Å². The van der Waals surface area contributed by atoms with Gasteiger partial charge in [-0.05, 0) is 84.8 Å². The van der Waals surface area contributed by atoms with Gasteiger partial charge in [0.15, 0.2) is 5.11 Å². The second-order valence-electron chi connectivity index (χ2n) is 5.68. The van der Waals surface area contributed by atoms with Crippen molar-refractivity contribution in [3.63, 3.8) is 0 Å². The summed E-state index contributed by atoms with van der Waals surface area (Å²) in [4.78, 5) is 12.4. The van der Waals surface area contributed by atoms with Crippen molar-refractivity contribution >= 4 is 56.5 Å². The topological polar surface area (TPSA) is 50.4 Å². The van der Waals surface area contributed by atoms with Crippen molar-refractivity contribution in [3.8, 4) is 5.75 Å². The highest BCUT2D eigenvalue weighted by molar-refractivity contribution is 9.10. The minimum atomic E-state index is -0.311. The van der Waals surface area contributed by atoms with Gasteiger partial charge in [-0.15, -0.1) is 0 Å². The standard InChI is InChI=1S/C18H18BrClN2O2S/c1-10(2)24-16-7-5-12(8-14(16)19)17(23)22-18(25)21-15-9-13(20)6-4-11(15)3/h4-10H,1-3H3,(H2,21,22,23,25). The normalized spacial score (nSPS) is 10.5. The van der Waals surface area contributed by atoms with Crippen LogP contribution in [0.5, 0.6) is 5.75 Å². The molecule has 132 valence electrons. The third-order valence-electron chi connectivity index (χ3n) is 3.23. The Balaban J connectivity index is 2.05. The average Bonchev–Trinajstić information content (AvgIpc) is 2.52. The number of anilines is 1. The first-order valence-electron chi connectivity index (χ1n) is 7.61. The summed E-state index contributed by atoms with van der Waals surface area (Å²) in [7, 11) is 0. The predicted molar refractivity (Wildman–Crippen MR) is 110 cm³/mol. The van der Waals surface area contributed by atoms with Crippen LogP contribution >= 0.6 is 39.7 Å². The summed E-state index contributed by atoms with van der Waals surface area (Å²) in [5, 5.41) is 6.43. The predicted octanol–water partition coefficient (Wildman–Crippen LogP) is 5.32. The molecule has 2 N–H and O–H groups in total. The van der Waals surface area contributed by atoms with Gasteiger partial charge in [0.25, 0.3) is 5.91 Å². The van der Waals surface area contributed by atoms with Crippen molar-refractivity contribution in [2.24, 2.45) is 0 Å². The van der Waals surface area contributed by atoms with Gasteiger partial charge in [-0.2, -0.15) is 0 Å². The van der Waals surface area contributed by atoms with Gasteiger partial charge in [-0.3, -0.25) is 10.1 Å². The minimum absolute atomic E-state index is 0.0497. The van der Waals surface area contributed by atoms with Gasteiger partial charge >= 0.3 is 0 Å². The maximum atomic E-state index is 12.4. The van der Waals surface area contributed by atoms with Crippen LogP contribution in [0.3, 0.4) is 0 Å². The van der Waals surface area contributed by atoms with Gasteiger partial charge in [0.2, 0.25) is 0 Å². The molecule has 1 amide bonds. The molecule has 0 atom stereocenters. The number of amides is 1. The van der Waals surface area contributed by atoms with Gasteiger partial charge in [0.1, 0.15) is 5.75 Å². The number of carbonyl (C=O) groups is 1. The molecule has 0 radical (unpaired) electrons. The number of aryl methyl sites for hydroxylation is 1. The molecule has 0 saturated carbocycles. The molecule has 0 unspecified atom stereocenters. The van der Waals surface area contributed by atoms with E-state index in [1.807, 2.05) is 26.8 Å². The molecule has 0 bridgehead atoms. The maximum absolute atomic E-state index is 12.4. The van der Waals surface area contributed by atoms with Crippen molar-refractivity contribution in [1.82, 2.24) is 5.32 Å². The summed E-state index contributed by atoms with van der Waals surface area (Å²) in [5.41, 5.74) is 2.19. The molecule has 0 aromatic heterocycles. The zero-order valence-electron chi connectivity index (χ0n) is 14.0. The van der Waals surface area contributed by atoms with E-state index in [1.165, 1.54) is 0 Å².